The van der Waals surface area contributed by atoms with Gasteiger partial charge in [0.25, 0.3) is 0 Å². The van der Waals surface area contributed by atoms with Crippen molar-refractivity contribution in [3.05, 3.63) is 65.9 Å². The molecule has 8 heteroatoms. The zero-order chi connectivity index (χ0) is 19.4. The SMILES string of the molecule is CN(Cc1nc(-c2ccccn2)no1)C(=O)[C@H](c1cccc(F)c1)N(C)C. The first-order valence-electron chi connectivity index (χ1n) is 8.36. The van der Waals surface area contributed by atoms with Gasteiger partial charge in [-0.2, -0.15) is 4.98 Å². The van der Waals surface area contributed by atoms with Crippen LogP contribution < -0.4 is 0 Å². The first-order chi connectivity index (χ1) is 13.0. The van der Waals surface area contributed by atoms with Crippen LogP contribution in [-0.2, 0) is 11.3 Å². The summed E-state index contributed by atoms with van der Waals surface area (Å²) >= 11 is 0. The molecule has 0 bridgehead atoms. The molecule has 0 saturated carbocycles. The Morgan fingerprint density at radius 2 is 2.00 bits per heavy atom. The predicted molar refractivity (Wildman–Crippen MR) is 96.8 cm³/mol. The van der Waals surface area contributed by atoms with E-state index in [9.17, 15) is 9.18 Å². The van der Waals surface area contributed by atoms with Crippen LogP contribution in [0.2, 0.25) is 0 Å². The van der Waals surface area contributed by atoms with E-state index in [1.165, 1.54) is 17.0 Å². The van der Waals surface area contributed by atoms with E-state index in [0.29, 0.717) is 23.0 Å². The monoisotopic (exact) mass is 369 g/mol. The average molecular weight is 369 g/mol. The lowest BCUT2D eigenvalue weighted by Gasteiger charge is -2.28. The molecule has 2 heterocycles. The lowest BCUT2D eigenvalue weighted by molar-refractivity contribution is -0.135. The third kappa shape index (κ3) is 4.35. The molecule has 2 aromatic heterocycles. The van der Waals surface area contributed by atoms with Gasteiger partial charge in [-0.3, -0.25) is 14.7 Å². The summed E-state index contributed by atoms with van der Waals surface area (Å²) < 4.78 is 18.8. The van der Waals surface area contributed by atoms with Gasteiger partial charge in [-0.1, -0.05) is 23.4 Å². The van der Waals surface area contributed by atoms with Gasteiger partial charge in [0.15, 0.2) is 0 Å². The van der Waals surface area contributed by atoms with Gasteiger partial charge in [0.1, 0.15) is 17.6 Å². The third-order valence-electron chi connectivity index (χ3n) is 4.03. The fourth-order valence-corrected chi connectivity index (χ4v) is 2.75. The number of hydrogen-bond donors (Lipinski definition) is 0. The van der Waals surface area contributed by atoms with Crippen molar-refractivity contribution in [1.29, 1.82) is 0 Å². The van der Waals surface area contributed by atoms with Crippen LogP contribution in [-0.4, -0.2) is 52.0 Å². The number of nitrogens with zero attached hydrogens (tertiary/aromatic N) is 5. The van der Waals surface area contributed by atoms with Gasteiger partial charge >= 0.3 is 0 Å². The Morgan fingerprint density at radius 1 is 1.19 bits per heavy atom. The highest BCUT2D eigenvalue weighted by Gasteiger charge is 2.27. The first kappa shape index (κ1) is 18.7. The van der Waals surface area contributed by atoms with Crippen LogP contribution >= 0.6 is 0 Å². The Kier molecular flexibility index (Phi) is 5.56. The van der Waals surface area contributed by atoms with Crippen LogP contribution in [0.5, 0.6) is 0 Å². The summed E-state index contributed by atoms with van der Waals surface area (Å²) in [6.45, 7) is 0.137. The maximum atomic E-state index is 13.6. The van der Waals surface area contributed by atoms with Gasteiger partial charge in [0.05, 0.1) is 6.54 Å². The summed E-state index contributed by atoms with van der Waals surface area (Å²) in [5.74, 6) is 0.0684. The summed E-state index contributed by atoms with van der Waals surface area (Å²) in [4.78, 5) is 24.6. The lowest BCUT2D eigenvalue weighted by atomic mass is 10.0. The molecule has 27 heavy (non-hydrogen) atoms. The van der Waals surface area contributed by atoms with Crippen LogP contribution in [0, 0.1) is 5.82 Å². The van der Waals surface area contributed by atoms with E-state index in [-0.39, 0.29) is 18.3 Å². The standard InChI is InChI=1S/C19H20FN5O2/c1-24(2)17(13-7-6-8-14(20)11-13)19(26)25(3)12-16-22-18(23-27-16)15-9-4-5-10-21-15/h4-11,17H,12H2,1-3H3/t17-/m0/s1. The fourth-order valence-electron chi connectivity index (χ4n) is 2.75. The molecule has 140 valence electrons. The number of hydrogen-bond acceptors (Lipinski definition) is 6. The van der Waals surface area contributed by atoms with E-state index in [2.05, 4.69) is 15.1 Å². The highest BCUT2D eigenvalue weighted by atomic mass is 19.1. The highest BCUT2D eigenvalue weighted by Crippen LogP contribution is 2.22. The molecule has 1 aromatic carbocycles. The number of carbonyl (C=O) groups excluding carboxylic acids is 1. The highest BCUT2D eigenvalue weighted by molar-refractivity contribution is 5.83. The van der Waals surface area contributed by atoms with E-state index in [4.69, 9.17) is 4.52 Å². The van der Waals surface area contributed by atoms with Crippen LogP contribution in [0.1, 0.15) is 17.5 Å². The lowest BCUT2D eigenvalue weighted by Crippen LogP contribution is -2.38. The van der Waals surface area contributed by atoms with Crippen molar-refractivity contribution in [1.82, 2.24) is 24.9 Å². The largest absolute Gasteiger partial charge is 0.337 e. The van der Waals surface area contributed by atoms with Gasteiger partial charge in [0, 0.05) is 13.2 Å². The third-order valence-corrected chi connectivity index (χ3v) is 4.03. The van der Waals surface area contributed by atoms with Crippen LogP contribution in [0.3, 0.4) is 0 Å². The Bertz CT molecular complexity index is 913. The molecule has 0 spiro atoms. The van der Waals surface area contributed by atoms with E-state index in [0.717, 1.165) is 0 Å². The maximum absolute atomic E-state index is 13.6. The Balaban J connectivity index is 1.75. The quantitative estimate of drug-likeness (QED) is 0.665. The molecule has 7 nitrogen and oxygen atoms in total. The van der Waals surface area contributed by atoms with Gasteiger partial charge < -0.3 is 9.42 Å². The summed E-state index contributed by atoms with van der Waals surface area (Å²) in [6.07, 6.45) is 1.64. The molecule has 0 saturated heterocycles. The summed E-state index contributed by atoms with van der Waals surface area (Å²) in [5.41, 5.74) is 1.17. The second-order valence-corrected chi connectivity index (χ2v) is 6.34. The molecule has 0 unspecified atom stereocenters. The number of pyridine rings is 1. The second-order valence-electron chi connectivity index (χ2n) is 6.34. The van der Waals surface area contributed by atoms with Gasteiger partial charge in [-0.15, -0.1) is 0 Å². The Morgan fingerprint density at radius 3 is 2.67 bits per heavy atom. The number of halogens is 1. The van der Waals surface area contributed by atoms with Crippen molar-refractivity contribution in [3.8, 4) is 11.5 Å². The topological polar surface area (TPSA) is 75.4 Å². The number of carbonyl (C=O) groups is 1. The maximum Gasteiger partial charge on any atom is 0.246 e. The van der Waals surface area contributed by atoms with Crippen molar-refractivity contribution in [2.75, 3.05) is 21.1 Å². The molecule has 1 amide bonds. The molecular weight excluding hydrogens is 349 g/mol. The van der Waals surface area contributed by atoms with E-state index < -0.39 is 6.04 Å². The number of benzene rings is 1. The van der Waals surface area contributed by atoms with Gasteiger partial charge in [-0.05, 0) is 43.9 Å². The molecule has 0 aliphatic carbocycles. The average Bonchev–Trinajstić information content (AvgIpc) is 3.11. The molecule has 0 N–H and O–H groups in total. The predicted octanol–water partition coefficient (Wildman–Crippen LogP) is 2.53. The summed E-state index contributed by atoms with van der Waals surface area (Å²) in [5, 5.41) is 3.90. The Labute approximate surface area is 156 Å². The van der Waals surface area contributed by atoms with Gasteiger partial charge in [-0.25, -0.2) is 4.39 Å². The van der Waals surface area contributed by atoms with Crippen molar-refractivity contribution >= 4 is 5.91 Å². The summed E-state index contributed by atoms with van der Waals surface area (Å²) in [7, 11) is 5.18. The normalized spacial score (nSPS) is 12.2. The molecule has 0 radical (unpaired) electrons. The zero-order valence-corrected chi connectivity index (χ0v) is 15.3. The number of likely N-dealkylation sites (N-methyl/N-ethyl adjacent to an activating group) is 2. The first-order valence-corrected chi connectivity index (χ1v) is 8.36. The molecule has 1 atom stereocenters. The minimum atomic E-state index is -0.621. The van der Waals surface area contributed by atoms with Crippen LogP contribution in [0.25, 0.3) is 11.5 Å². The molecule has 0 fully saturated rings. The van der Waals surface area contributed by atoms with Gasteiger partial charge in [0.2, 0.25) is 17.6 Å². The van der Waals surface area contributed by atoms with E-state index in [1.807, 2.05) is 6.07 Å². The van der Waals surface area contributed by atoms with E-state index >= 15 is 0 Å². The zero-order valence-electron chi connectivity index (χ0n) is 15.3. The number of amides is 1. The second kappa shape index (κ2) is 8.05. The molecule has 0 aliphatic rings. The summed E-state index contributed by atoms with van der Waals surface area (Å²) in [6, 6.07) is 10.8. The molecule has 3 aromatic rings. The van der Waals surface area contributed by atoms with Crippen LogP contribution in [0.4, 0.5) is 4.39 Å². The smallest absolute Gasteiger partial charge is 0.246 e. The Hall–Kier alpha value is -3.13. The van der Waals surface area contributed by atoms with Crippen LogP contribution in [0.15, 0.2) is 53.2 Å². The molecule has 0 aliphatic heterocycles. The molecular formula is C19H20FN5O2. The fraction of sp³-hybridized carbons (Fsp3) is 0.263. The number of aromatic nitrogens is 3. The molecule has 3 rings (SSSR count). The minimum Gasteiger partial charge on any atom is -0.337 e. The minimum absolute atomic E-state index is 0.137. The van der Waals surface area contributed by atoms with E-state index in [1.54, 1.807) is 56.5 Å². The number of rotatable bonds is 6. The van der Waals surface area contributed by atoms with Crippen molar-refractivity contribution in [3.63, 3.8) is 0 Å². The van der Waals surface area contributed by atoms with Crippen molar-refractivity contribution in [2.24, 2.45) is 0 Å². The van der Waals surface area contributed by atoms with Crippen molar-refractivity contribution in [2.45, 2.75) is 12.6 Å². The van der Waals surface area contributed by atoms with Crippen molar-refractivity contribution < 1.29 is 13.7 Å².